The van der Waals surface area contributed by atoms with Gasteiger partial charge in [0.2, 0.25) is 11.9 Å². The van der Waals surface area contributed by atoms with Crippen molar-refractivity contribution in [3.8, 4) is 32.3 Å². The second-order valence-corrected chi connectivity index (χ2v) is 13.9. The highest BCUT2D eigenvalue weighted by Gasteiger charge is 2.11. The lowest BCUT2D eigenvalue weighted by molar-refractivity contribution is 1.17. The molecule has 7 rings (SSSR count). The van der Waals surface area contributed by atoms with E-state index in [4.69, 9.17) is 4.98 Å². The van der Waals surface area contributed by atoms with Crippen molar-refractivity contribution in [3.63, 3.8) is 0 Å². The second-order valence-electron chi connectivity index (χ2n) is 11.1. The standard InChI is InChI=1S/C23H21N3S.C15H12BrN3S/c1-15-6-4-9-19(12-15)25-23-24-11-10-20(26-23)21-13-18(14-27-21)22-16(2)7-5-8-17(22)3;1-10-3-2-4-12(7-10)18-15-17-6-5-13(19-15)14-8-11(16)9-20-14/h4-14H,1-3H3,(H,24,25,26);2-9H,1H3,(H,17,18,19). The molecule has 0 aliphatic rings. The summed E-state index contributed by atoms with van der Waals surface area (Å²) < 4.78 is 1.07. The molecule has 0 unspecified atom stereocenters. The molecular weight excluding hydrogens is 684 g/mol. The van der Waals surface area contributed by atoms with E-state index in [2.05, 4.69) is 129 Å². The average molecular weight is 718 g/mol. The summed E-state index contributed by atoms with van der Waals surface area (Å²) in [6.07, 6.45) is 3.58. The summed E-state index contributed by atoms with van der Waals surface area (Å²) >= 11 is 6.83. The molecule has 4 heterocycles. The zero-order valence-electron chi connectivity index (χ0n) is 26.5. The Bertz CT molecular complexity index is 2120. The summed E-state index contributed by atoms with van der Waals surface area (Å²) in [6.45, 7) is 8.46. The van der Waals surface area contributed by atoms with Gasteiger partial charge in [-0.05, 0) is 131 Å². The van der Waals surface area contributed by atoms with Gasteiger partial charge in [0, 0.05) is 33.6 Å². The largest absolute Gasteiger partial charge is 0.324 e. The van der Waals surface area contributed by atoms with Gasteiger partial charge < -0.3 is 10.6 Å². The third-order valence-electron chi connectivity index (χ3n) is 7.30. The lowest BCUT2D eigenvalue weighted by Crippen LogP contribution is -1.97. The summed E-state index contributed by atoms with van der Waals surface area (Å²) in [4.78, 5) is 20.1. The molecule has 234 valence electrons. The van der Waals surface area contributed by atoms with Crippen LogP contribution in [0.5, 0.6) is 0 Å². The van der Waals surface area contributed by atoms with Crippen LogP contribution in [0.2, 0.25) is 0 Å². The zero-order chi connectivity index (χ0) is 32.8. The summed E-state index contributed by atoms with van der Waals surface area (Å²) in [6, 6.07) is 30.9. The number of aryl methyl sites for hydroxylation is 4. The number of halogens is 1. The van der Waals surface area contributed by atoms with Gasteiger partial charge in [-0.1, -0.05) is 42.5 Å². The molecule has 0 spiro atoms. The molecule has 0 aliphatic heterocycles. The first-order valence-corrected chi connectivity index (χ1v) is 17.6. The molecule has 0 atom stereocenters. The maximum atomic E-state index is 4.71. The first-order chi connectivity index (χ1) is 22.8. The highest BCUT2D eigenvalue weighted by atomic mass is 79.9. The van der Waals surface area contributed by atoms with E-state index >= 15 is 0 Å². The third-order valence-corrected chi connectivity index (χ3v) is 9.97. The van der Waals surface area contributed by atoms with Crippen molar-refractivity contribution in [1.82, 2.24) is 19.9 Å². The molecule has 7 aromatic rings. The molecule has 9 heteroatoms. The van der Waals surface area contributed by atoms with Crippen LogP contribution in [0.3, 0.4) is 0 Å². The van der Waals surface area contributed by atoms with Crippen LogP contribution in [0.4, 0.5) is 23.3 Å². The van der Waals surface area contributed by atoms with Gasteiger partial charge in [0.25, 0.3) is 0 Å². The van der Waals surface area contributed by atoms with Crippen LogP contribution in [0.25, 0.3) is 32.3 Å². The Kier molecular flexibility index (Phi) is 10.2. The molecule has 0 saturated heterocycles. The number of hydrogen-bond acceptors (Lipinski definition) is 8. The highest BCUT2D eigenvalue weighted by Crippen LogP contribution is 2.35. The number of rotatable bonds is 7. The van der Waals surface area contributed by atoms with Crippen molar-refractivity contribution in [2.75, 3.05) is 10.6 Å². The minimum Gasteiger partial charge on any atom is -0.324 e. The maximum Gasteiger partial charge on any atom is 0.227 e. The van der Waals surface area contributed by atoms with Crippen LogP contribution in [-0.4, -0.2) is 19.9 Å². The van der Waals surface area contributed by atoms with E-state index < -0.39 is 0 Å². The number of nitrogens with one attached hydrogen (secondary N) is 2. The summed E-state index contributed by atoms with van der Waals surface area (Å²) in [5.41, 5.74) is 11.4. The first-order valence-electron chi connectivity index (χ1n) is 15.0. The smallest absolute Gasteiger partial charge is 0.227 e. The Labute approximate surface area is 291 Å². The summed E-state index contributed by atoms with van der Waals surface area (Å²) in [5, 5.41) is 10.8. The molecular formula is C38H33BrN6S2. The van der Waals surface area contributed by atoms with Gasteiger partial charge in [0.1, 0.15) is 0 Å². The van der Waals surface area contributed by atoms with Gasteiger partial charge in [-0.25, -0.2) is 19.9 Å². The summed E-state index contributed by atoms with van der Waals surface area (Å²) in [5.74, 6) is 1.22. The lowest BCUT2D eigenvalue weighted by atomic mass is 9.98. The Morgan fingerprint density at radius 2 is 1.09 bits per heavy atom. The van der Waals surface area contributed by atoms with E-state index in [1.165, 1.54) is 33.4 Å². The molecule has 4 aromatic heterocycles. The number of nitrogens with zero attached hydrogens (tertiary/aromatic N) is 4. The van der Waals surface area contributed by atoms with E-state index in [0.29, 0.717) is 11.9 Å². The number of hydrogen-bond donors (Lipinski definition) is 2. The Morgan fingerprint density at radius 1 is 0.574 bits per heavy atom. The van der Waals surface area contributed by atoms with Crippen LogP contribution in [-0.2, 0) is 0 Å². The average Bonchev–Trinajstić information content (AvgIpc) is 3.72. The van der Waals surface area contributed by atoms with E-state index in [9.17, 15) is 0 Å². The van der Waals surface area contributed by atoms with E-state index in [1.54, 1.807) is 35.1 Å². The molecule has 2 N–H and O–H groups in total. The van der Waals surface area contributed by atoms with Gasteiger partial charge >= 0.3 is 0 Å². The van der Waals surface area contributed by atoms with Crippen LogP contribution in [0.1, 0.15) is 22.3 Å². The molecule has 0 fully saturated rings. The molecule has 0 amide bonds. The molecule has 0 bridgehead atoms. The fourth-order valence-electron chi connectivity index (χ4n) is 5.13. The van der Waals surface area contributed by atoms with Crippen molar-refractivity contribution in [2.45, 2.75) is 27.7 Å². The Hall–Kier alpha value is -4.70. The van der Waals surface area contributed by atoms with Crippen LogP contribution in [0.15, 0.2) is 119 Å². The van der Waals surface area contributed by atoms with Crippen molar-refractivity contribution in [3.05, 3.63) is 141 Å². The van der Waals surface area contributed by atoms with Crippen molar-refractivity contribution >= 4 is 61.9 Å². The normalized spacial score (nSPS) is 10.7. The van der Waals surface area contributed by atoms with Crippen LogP contribution >= 0.6 is 38.6 Å². The minimum absolute atomic E-state index is 0.609. The molecule has 47 heavy (non-hydrogen) atoms. The van der Waals surface area contributed by atoms with Gasteiger partial charge in [0.15, 0.2) is 0 Å². The highest BCUT2D eigenvalue weighted by molar-refractivity contribution is 9.10. The van der Waals surface area contributed by atoms with Crippen LogP contribution < -0.4 is 10.6 Å². The van der Waals surface area contributed by atoms with Gasteiger partial charge in [-0.3, -0.25) is 0 Å². The van der Waals surface area contributed by atoms with E-state index in [1.807, 2.05) is 41.8 Å². The molecule has 0 aliphatic carbocycles. The predicted octanol–water partition coefficient (Wildman–Crippen LogP) is 11.6. The molecule has 0 saturated carbocycles. The fraction of sp³-hybridized carbons (Fsp3) is 0.105. The quantitative estimate of drug-likeness (QED) is 0.171. The number of benzene rings is 3. The molecule has 6 nitrogen and oxygen atoms in total. The third kappa shape index (κ3) is 8.37. The van der Waals surface area contributed by atoms with Crippen molar-refractivity contribution in [2.24, 2.45) is 0 Å². The molecule has 0 radical (unpaired) electrons. The van der Waals surface area contributed by atoms with Crippen molar-refractivity contribution < 1.29 is 0 Å². The SMILES string of the molecule is Cc1cccc(Nc2nccc(-c3cc(-c4c(C)cccc4C)cs3)n2)c1.Cc1cccc(Nc2nccc(-c3cc(Br)cs3)n2)c1. The minimum atomic E-state index is 0.609. The zero-order valence-corrected chi connectivity index (χ0v) is 29.7. The summed E-state index contributed by atoms with van der Waals surface area (Å²) in [7, 11) is 0. The van der Waals surface area contributed by atoms with Gasteiger partial charge in [-0.2, -0.15) is 0 Å². The monoisotopic (exact) mass is 716 g/mol. The van der Waals surface area contributed by atoms with E-state index in [0.717, 1.165) is 37.0 Å². The van der Waals surface area contributed by atoms with Crippen molar-refractivity contribution in [1.29, 1.82) is 0 Å². The maximum absolute atomic E-state index is 4.71. The number of thiophene rings is 2. The Morgan fingerprint density at radius 3 is 1.60 bits per heavy atom. The van der Waals surface area contributed by atoms with E-state index in [-0.39, 0.29) is 0 Å². The first kappa shape index (κ1) is 32.2. The van der Waals surface area contributed by atoms with Gasteiger partial charge in [-0.15, -0.1) is 22.7 Å². The topological polar surface area (TPSA) is 75.6 Å². The Balaban J connectivity index is 0.000000172. The van der Waals surface area contributed by atoms with Gasteiger partial charge in [0.05, 0.1) is 21.1 Å². The number of aromatic nitrogens is 4. The predicted molar refractivity (Wildman–Crippen MR) is 202 cm³/mol. The second kappa shape index (κ2) is 14.8. The number of anilines is 4. The van der Waals surface area contributed by atoms with Crippen LogP contribution in [0, 0.1) is 27.7 Å². The lowest BCUT2D eigenvalue weighted by Gasteiger charge is -2.07. The molecule has 3 aromatic carbocycles. The fourth-order valence-corrected chi connectivity index (χ4v) is 7.40.